The van der Waals surface area contributed by atoms with E-state index in [1.54, 1.807) is 21.6 Å². The molecule has 1 aliphatic rings. The summed E-state index contributed by atoms with van der Waals surface area (Å²) in [5.74, 6) is -1.40. The van der Waals surface area contributed by atoms with Crippen LogP contribution in [0.1, 0.15) is 32.6 Å². The average molecular weight is 277 g/mol. The topological polar surface area (TPSA) is 63.7 Å². The van der Waals surface area contributed by atoms with Gasteiger partial charge in [-0.05, 0) is 12.7 Å². The summed E-state index contributed by atoms with van der Waals surface area (Å²) in [6.45, 7) is 2.01. The van der Waals surface area contributed by atoms with E-state index in [4.69, 9.17) is 4.84 Å². The van der Waals surface area contributed by atoms with Crippen LogP contribution in [0.4, 0.5) is 0 Å². The summed E-state index contributed by atoms with van der Waals surface area (Å²) >= 11 is 0. The van der Waals surface area contributed by atoms with E-state index in [2.05, 4.69) is 0 Å². The molecule has 7 heteroatoms. The average Bonchev–Trinajstić information content (AvgIpc) is 2.58. The number of rotatable bonds is 6. The number of carbonyl (C=O) groups is 3. The second-order valence-corrected chi connectivity index (χ2v) is 6.57. The number of hydrogen-bond acceptors (Lipinski definition) is 6. The summed E-state index contributed by atoms with van der Waals surface area (Å²) in [5, 5.41) is 0.928. The number of imide groups is 1. The van der Waals surface area contributed by atoms with Gasteiger partial charge in [-0.1, -0.05) is 28.5 Å². The second kappa shape index (κ2) is 6.90. The van der Waals surface area contributed by atoms with Gasteiger partial charge in [0.05, 0.1) is 0 Å². The molecule has 96 valence electrons. The first kappa shape index (κ1) is 14.4. The minimum absolute atomic E-state index is 0.130. The number of amides is 2. The van der Waals surface area contributed by atoms with Gasteiger partial charge in [-0.3, -0.25) is 9.59 Å². The molecule has 5 nitrogen and oxygen atoms in total. The fraction of sp³-hybridized carbons (Fsp3) is 0.700. The van der Waals surface area contributed by atoms with Crippen molar-refractivity contribution in [1.82, 2.24) is 5.06 Å². The van der Waals surface area contributed by atoms with Crippen molar-refractivity contribution in [3.8, 4) is 0 Å². The van der Waals surface area contributed by atoms with Crippen molar-refractivity contribution < 1.29 is 19.2 Å². The molecule has 1 rings (SSSR count). The van der Waals surface area contributed by atoms with Crippen molar-refractivity contribution in [2.45, 2.75) is 37.9 Å². The smallest absolute Gasteiger partial charge is 0.330 e. The van der Waals surface area contributed by atoms with E-state index in [0.29, 0.717) is 16.7 Å². The quantitative estimate of drug-likeness (QED) is 0.544. The van der Waals surface area contributed by atoms with E-state index in [1.165, 1.54) is 0 Å². The van der Waals surface area contributed by atoms with Crippen LogP contribution < -0.4 is 0 Å². The number of hydrogen-bond donors (Lipinski definition) is 0. The standard InChI is InChI=1S/C10H15NO4S2/c1-7(17-16-2)3-6-10(14)15-11-8(12)4-5-9(11)13/h7H,3-6H2,1-2H3/t7-/m1/s1. The van der Waals surface area contributed by atoms with Gasteiger partial charge in [0.15, 0.2) is 0 Å². The largest absolute Gasteiger partial charge is 0.333 e. The summed E-state index contributed by atoms with van der Waals surface area (Å²) < 4.78 is 0. The maximum absolute atomic E-state index is 11.4. The molecule has 0 aliphatic carbocycles. The van der Waals surface area contributed by atoms with E-state index in [9.17, 15) is 14.4 Å². The Hall–Kier alpha value is -0.690. The van der Waals surface area contributed by atoms with Gasteiger partial charge in [0.1, 0.15) is 0 Å². The van der Waals surface area contributed by atoms with Gasteiger partial charge in [-0.2, -0.15) is 0 Å². The molecule has 0 bridgehead atoms. The van der Waals surface area contributed by atoms with Gasteiger partial charge in [0.2, 0.25) is 0 Å². The Labute approximate surface area is 108 Å². The molecule has 0 spiro atoms. The van der Waals surface area contributed by atoms with Gasteiger partial charge in [-0.25, -0.2) is 4.79 Å². The normalized spacial score (nSPS) is 17.4. The van der Waals surface area contributed by atoms with Gasteiger partial charge in [0, 0.05) is 24.5 Å². The zero-order valence-electron chi connectivity index (χ0n) is 9.80. The first-order chi connectivity index (χ1) is 8.04. The molecule has 1 atom stereocenters. The van der Waals surface area contributed by atoms with Gasteiger partial charge in [0.25, 0.3) is 11.8 Å². The highest BCUT2D eigenvalue weighted by atomic mass is 33.1. The molecule has 0 aromatic rings. The van der Waals surface area contributed by atoms with E-state index in [-0.39, 0.29) is 19.3 Å². The van der Waals surface area contributed by atoms with Crippen molar-refractivity contribution >= 4 is 39.4 Å². The molecule has 0 unspecified atom stereocenters. The third kappa shape index (κ3) is 4.59. The Morgan fingerprint density at radius 3 is 2.53 bits per heavy atom. The zero-order chi connectivity index (χ0) is 12.8. The molecule has 1 saturated heterocycles. The van der Waals surface area contributed by atoms with Crippen LogP contribution in [-0.2, 0) is 19.2 Å². The Morgan fingerprint density at radius 2 is 2.00 bits per heavy atom. The first-order valence-corrected chi connectivity index (χ1v) is 7.92. The first-order valence-electron chi connectivity index (χ1n) is 5.30. The van der Waals surface area contributed by atoms with Gasteiger partial charge >= 0.3 is 5.97 Å². The van der Waals surface area contributed by atoms with Crippen LogP contribution in [0.25, 0.3) is 0 Å². The molecular formula is C10H15NO4S2. The van der Waals surface area contributed by atoms with Crippen LogP contribution >= 0.6 is 21.6 Å². The minimum Gasteiger partial charge on any atom is -0.330 e. The number of nitrogens with zero attached hydrogens (tertiary/aromatic N) is 1. The van der Waals surface area contributed by atoms with E-state index < -0.39 is 17.8 Å². The third-order valence-corrected chi connectivity index (χ3v) is 4.53. The molecule has 17 heavy (non-hydrogen) atoms. The highest BCUT2D eigenvalue weighted by molar-refractivity contribution is 8.76. The van der Waals surface area contributed by atoms with Gasteiger partial charge < -0.3 is 4.84 Å². The van der Waals surface area contributed by atoms with Crippen molar-refractivity contribution in [2.24, 2.45) is 0 Å². The van der Waals surface area contributed by atoms with Crippen LogP contribution in [0.5, 0.6) is 0 Å². The molecule has 0 saturated carbocycles. The predicted octanol–water partition coefficient (Wildman–Crippen LogP) is 1.77. The monoisotopic (exact) mass is 277 g/mol. The fourth-order valence-electron chi connectivity index (χ4n) is 1.34. The lowest BCUT2D eigenvalue weighted by atomic mass is 10.2. The maximum Gasteiger partial charge on any atom is 0.333 e. The molecular weight excluding hydrogens is 262 g/mol. The Bertz CT molecular complexity index is 305. The lowest BCUT2D eigenvalue weighted by Crippen LogP contribution is -2.32. The summed E-state index contributed by atoms with van der Waals surface area (Å²) in [6, 6.07) is 0. The molecule has 0 aromatic heterocycles. The highest BCUT2D eigenvalue weighted by Gasteiger charge is 2.32. The molecule has 1 aliphatic heterocycles. The molecule has 1 heterocycles. The molecule has 1 fully saturated rings. The maximum atomic E-state index is 11.4. The summed E-state index contributed by atoms with van der Waals surface area (Å²) in [7, 11) is 3.32. The van der Waals surface area contributed by atoms with E-state index >= 15 is 0 Å². The fourth-order valence-corrected chi connectivity index (χ4v) is 3.16. The van der Waals surface area contributed by atoms with Crippen LogP contribution in [0.15, 0.2) is 0 Å². The summed E-state index contributed by atoms with van der Waals surface area (Å²) in [4.78, 5) is 38.5. The van der Waals surface area contributed by atoms with Crippen LogP contribution in [0.3, 0.4) is 0 Å². The molecule has 0 aromatic carbocycles. The third-order valence-electron chi connectivity index (χ3n) is 2.21. The molecule has 0 radical (unpaired) electrons. The Balaban J connectivity index is 2.29. The molecule has 0 N–H and O–H groups in total. The summed E-state index contributed by atoms with van der Waals surface area (Å²) in [5.41, 5.74) is 0. The van der Waals surface area contributed by atoms with Crippen LogP contribution in [0, 0.1) is 0 Å². The number of hydroxylamine groups is 2. The van der Waals surface area contributed by atoms with Crippen molar-refractivity contribution in [1.29, 1.82) is 0 Å². The number of carbonyl (C=O) groups excluding carboxylic acids is 3. The van der Waals surface area contributed by atoms with Crippen molar-refractivity contribution in [2.75, 3.05) is 6.26 Å². The van der Waals surface area contributed by atoms with Crippen molar-refractivity contribution in [3.05, 3.63) is 0 Å². The van der Waals surface area contributed by atoms with E-state index in [0.717, 1.165) is 0 Å². The van der Waals surface area contributed by atoms with Crippen LogP contribution in [0.2, 0.25) is 0 Å². The second-order valence-electron chi connectivity index (χ2n) is 3.66. The zero-order valence-corrected chi connectivity index (χ0v) is 11.4. The van der Waals surface area contributed by atoms with Gasteiger partial charge in [-0.15, -0.1) is 5.06 Å². The molecule has 2 amide bonds. The van der Waals surface area contributed by atoms with E-state index in [1.807, 2.05) is 13.2 Å². The van der Waals surface area contributed by atoms with Crippen LogP contribution in [-0.4, -0.2) is 34.4 Å². The summed E-state index contributed by atoms with van der Waals surface area (Å²) in [6.07, 6.45) is 3.11. The SMILES string of the molecule is CSS[C@H](C)CCC(=O)ON1C(=O)CCC1=O. The lowest BCUT2D eigenvalue weighted by Gasteiger charge is -2.13. The highest BCUT2D eigenvalue weighted by Crippen LogP contribution is 2.26. The predicted molar refractivity (Wildman–Crippen MR) is 67.0 cm³/mol. The minimum atomic E-state index is -0.526. The van der Waals surface area contributed by atoms with Crippen molar-refractivity contribution in [3.63, 3.8) is 0 Å². The Kier molecular flexibility index (Phi) is 5.84. The lowest BCUT2D eigenvalue weighted by molar-refractivity contribution is -0.197. The Morgan fingerprint density at radius 1 is 1.41 bits per heavy atom.